The number of alkyl halides is 2. The van der Waals surface area contributed by atoms with E-state index in [2.05, 4.69) is 20.3 Å². The van der Waals surface area contributed by atoms with Crippen molar-refractivity contribution in [3.8, 4) is 17.2 Å². The lowest BCUT2D eigenvalue weighted by molar-refractivity contribution is -0.0503. The molecule has 0 saturated heterocycles. The van der Waals surface area contributed by atoms with Gasteiger partial charge in [-0.2, -0.15) is 13.5 Å². The van der Waals surface area contributed by atoms with Crippen LogP contribution >= 0.6 is 11.8 Å². The lowest BCUT2D eigenvalue weighted by atomic mass is 10.2. The number of aromatic nitrogens is 4. The maximum absolute atomic E-state index is 12.5. The molecule has 0 fully saturated rings. The summed E-state index contributed by atoms with van der Waals surface area (Å²) < 4.78 is 36.2. The molecule has 0 spiro atoms. The zero-order valence-corrected chi connectivity index (χ0v) is 14.0. The molecule has 0 bridgehead atoms. The molecule has 3 aromatic rings. The van der Waals surface area contributed by atoms with Gasteiger partial charge in [0.2, 0.25) is 5.16 Å². The second-order valence-corrected chi connectivity index (χ2v) is 5.79. The fourth-order valence-electron chi connectivity index (χ4n) is 2.13. The first kappa shape index (κ1) is 17.2. The highest BCUT2D eigenvalue weighted by molar-refractivity contribution is 7.98. The van der Waals surface area contributed by atoms with Crippen molar-refractivity contribution in [2.24, 2.45) is 0 Å². The van der Waals surface area contributed by atoms with Crippen LogP contribution in [0.1, 0.15) is 5.56 Å². The van der Waals surface area contributed by atoms with Gasteiger partial charge in [-0.05, 0) is 40.8 Å². The molecule has 6 nitrogen and oxygen atoms in total. The summed E-state index contributed by atoms with van der Waals surface area (Å²) in [6.45, 7) is -2.87. The van der Waals surface area contributed by atoms with E-state index in [0.717, 1.165) is 11.4 Å². The van der Waals surface area contributed by atoms with Gasteiger partial charge in [-0.15, -0.1) is 5.10 Å². The van der Waals surface area contributed by atoms with E-state index in [-0.39, 0.29) is 5.75 Å². The standard InChI is InChI=1S/C16H14F2N4O2S/c1-23-13-8-6-12(7-9-13)22-16(19-20-21-22)25-10-11-4-2-3-5-14(11)24-15(17)18/h2-9,15H,10H2,1H3. The number of tetrazole rings is 1. The van der Waals surface area contributed by atoms with E-state index >= 15 is 0 Å². The molecule has 25 heavy (non-hydrogen) atoms. The normalized spacial score (nSPS) is 10.9. The Morgan fingerprint density at radius 2 is 1.88 bits per heavy atom. The first-order chi connectivity index (χ1) is 12.2. The van der Waals surface area contributed by atoms with Crippen LogP contribution in [0.15, 0.2) is 53.7 Å². The lowest BCUT2D eigenvalue weighted by Gasteiger charge is -2.10. The van der Waals surface area contributed by atoms with Gasteiger partial charge in [0.25, 0.3) is 0 Å². The molecule has 0 unspecified atom stereocenters. The minimum atomic E-state index is -2.87. The fourth-order valence-corrected chi connectivity index (χ4v) is 3.01. The van der Waals surface area contributed by atoms with Crippen molar-refractivity contribution in [1.29, 1.82) is 0 Å². The molecule has 2 aromatic carbocycles. The molecule has 3 rings (SSSR count). The zero-order valence-electron chi connectivity index (χ0n) is 13.2. The lowest BCUT2D eigenvalue weighted by Crippen LogP contribution is -2.04. The smallest absolute Gasteiger partial charge is 0.387 e. The van der Waals surface area contributed by atoms with Crippen LogP contribution in [0.5, 0.6) is 11.5 Å². The summed E-state index contributed by atoms with van der Waals surface area (Å²) in [7, 11) is 1.59. The van der Waals surface area contributed by atoms with Crippen molar-refractivity contribution in [1.82, 2.24) is 20.2 Å². The van der Waals surface area contributed by atoms with Crippen LogP contribution in [0.25, 0.3) is 5.69 Å². The monoisotopic (exact) mass is 364 g/mol. The predicted molar refractivity (Wildman–Crippen MR) is 88.3 cm³/mol. The van der Waals surface area contributed by atoms with Crippen LogP contribution < -0.4 is 9.47 Å². The van der Waals surface area contributed by atoms with E-state index in [9.17, 15) is 8.78 Å². The number of halogens is 2. The highest BCUT2D eigenvalue weighted by atomic mass is 32.2. The van der Waals surface area contributed by atoms with Crippen LogP contribution in [0.4, 0.5) is 8.78 Å². The van der Waals surface area contributed by atoms with Gasteiger partial charge in [0, 0.05) is 11.3 Å². The molecular formula is C16H14F2N4O2S. The molecule has 0 atom stereocenters. The second-order valence-electron chi connectivity index (χ2n) is 4.85. The molecule has 0 aliphatic carbocycles. The van der Waals surface area contributed by atoms with Gasteiger partial charge >= 0.3 is 6.61 Å². The molecule has 0 aliphatic rings. The Bertz CT molecular complexity index is 827. The third-order valence-electron chi connectivity index (χ3n) is 3.30. The topological polar surface area (TPSA) is 62.1 Å². The molecule has 0 saturated carbocycles. The van der Waals surface area contributed by atoms with Crippen molar-refractivity contribution >= 4 is 11.8 Å². The Labute approximate surface area is 146 Å². The number of hydrogen-bond acceptors (Lipinski definition) is 6. The van der Waals surface area contributed by atoms with E-state index in [4.69, 9.17) is 4.74 Å². The van der Waals surface area contributed by atoms with Gasteiger partial charge in [-0.3, -0.25) is 0 Å². The van der Waals surface area contributed by atoms with Crippen LogP contribution in [0.3, 0.4) is 0 Å². The third-order valence-corrected chi connectivity index (χ3v) is 4.27. The Kier molecular flexibility index (Phi) is 5.44. The van der Waals surface area contributed by atoms with Crippen LogP contribution in [0.2, 0.25) is 0 Å². The maximum Gasteiger partial charge on any atom is 0.387 e. The van der Waals surface area contributed by atoms with E-state index in [1.165, 1.54) is 17.8 Å². The van der Waals surface area contributed by atoms with Crippen LogP contribution in [-0.4, -0.2) is 33.9 Å². The molecule has 0 aliphatic heterocycles. The number of hydrogen-bond donors (Lipinski definition) is 0. The third kappa shape index (κ3) is 4.24. The van der Waals surface area contributed by atoms with Crippen LogP contribution in [0, 0.1) is 0 Å². The summed E-state index contributed by atoms with van der Waals surface area (Å²) in [6, 6.07) is 13.9. The van der Waals surface area contributed by atoms with Crippen molar-refractivity contribution in [2.75, 3.05) is 7.11 Å². The Balaban J connectivity index is 1.76. The predicted octanol–water partition coefficient (Wildman–Crippen LogP) is 3.56. The Morgan fingerprint density at radius 3 is 2.60 bits per heavy atom. The van der Waals surface area contributed by atoms with Gasteiger partial charge in [-0.1, -0.05) is 30.0 Å². The second kappa shape index (κ2) is 7.93. The summed E-state index contributed by atoms with van der Waals surface area (Å²) in [6.07, 6.45) is 0. The van der Waals surface area contributed by atoms with Crippen molar-refractivity contribution in [3.63, 3.8) is 0 Å². The first-order valence-corrected chi connectivity index (χ1v) is 8.24. The molecular weight excluding hydrogens is 350 g/mol. The average molecular weight is 364 g/mol. The number of ether oxygens (including phenoxy) is 2. The van der Waals surface area contributed by atoms with E-state index in [1.54, 1.807) is 42.1 Å². The summed E-state index contributed by atoms with van der Waals surface area (Å²) in [4.78, 5) is 0. The minimum Gasteiger partial charge on any atom is -0.497 e. The number of nitrogens with zero attached hydrogens (tertiary/aromatic N) is 4. The van der Waals surface area contributed by atoms with Crippen molar-refractivity contribution in [3.05, 3.63) is 54.1 Å². The molecule has 0 N–H and O–H groups in total. The molecule has 1 heterocycles. The highest BCUT2D eigenvalue weighted by Gasteiger charge is 2.13. The van der Waals surface area contributed by atoms with Gasteiger partial charge < -0.3 is 9.47 Å². The average Bonchev–Trinajstić information content (AvgIpc) is 3.09. The highest BCUT2D eigenvalue weighted by Crippen LogP contribution is 2.28. The minimum absolute atomic E-state index is 0.147. The number of rotatable bonds is 7. The summed E-state index contributed by atoms with van der Waals surface area (Å²) in [5, 5.41) is 12.2. The Hall–Kier alpha value is -2.68. The van der Waals surface area contributed by atoms with E-state index in [1.807, 2.05) is 12.1 Å². The maximum atomic E-state index is 12.5. The number of para-hydroxylation sites is 1. The van der Waals surface area contributed by atoms with Crippen molar-refractivity contribution < 1.29 is 18.3 Å². The van der Waals surface area contributed by atoms with E-state index < -0.39 is 6.61 Å². The molecule has 9 heteroatoms. The molecule has 0 amide bonds. The number of benzene rings is 2. The van der Waals surface area contributed by atoms with Gasteiger partial charge in [0.05, 0.1) is 12.8 Å². The summed E-state index contributed by atoms with van der Waals surface area (Å²) >= 11 is 1.32. The fraction of sp³-hybridized carbons (Fsp3) is 0.188. The van der Waals surface area contributed by atoms with Crippen LogP contribution in [-0.2, 0) is 5.75 Å². The largest absolute Gasteiger partial charge is 0.497 e. The number of thioether (sulfide) groups is 1. The summed E-state index contributed by atoms with van der Waals surface area (Å²) in [5.74, 6) is 1.26. The Morgan fingerprint density at radius 1 is 1.12 bits per heavy atom. The molecule has 130 valence electrons. The van der Waals surface area contributed by atoms with Gasteiger partial charge in [0.1, 0.15) is 11.5 Å². The van der Waals surface area contributed by atoms with Gasteiger partial charge in [0.15, 0.2) is 0 Å². The quantitative estimate of drug-likeness (QED) is 0.598. The zero-order chi connectivity index (χ0) is 17.6. The van der Waals surface area contributed by atoms with Gasteiger partial charge in [-0.25, -0.2) is 0 Å². The van der Waals surface area contributed by atoms with Crippen molar-refractivity contribution in [2.45, 2.75) is 17.5 Å². The van der Waals surface area contributed by atoms with E-state index in [0.29, 0.717) is 16.5 Å². The molecule has 0 radical (unpaired) electrons. The number of methoxy groups -OCH3 is 1. The first-order valence-electron chi connectivity index (χ1n) is 7.25. The molecule has 1 aromatic heterocycles. The SMILES string of the molecule is COc1ccc(-n2nnnc2SCc2ccccc2OC(F)F)cc1. The summed E-state index contributed by atoms with van der Waals surface area (Å²) in [5.41, 5.74) is 1.41.